The fraction of sp³-hybridized carbons (Fsp3) is 0.444. The minimum atomic E-state index is -0.0164. The number of hydrogen-bond acceptors (Lipinski definition) is 5. The monoisotopic (exact) mass is 456 g/mol. The van der Waals surface area contributed by atoms with Crippen LogP contribution in [0.1, 0.15) is 43.8 Å². The number of rotatable bonds is 3. The zero-order valence-corrected chi connectivity index (χ0v) is 20.4. The van der Waals surface area contributed by atoms with Gasteiger partial charge < -0.3 is 4.90 Å². The topological polar surface area (TPSA) is 57.0 Å². The van der Waals surface area contributed by atoms with Crippen LogP contribution in [-0.4, -0.2) is 66.9 Å². The quantitative estimate of drug-likeness (QED) is 0.705. The van der Waals surface area contributed by atoms with Gasteiger partial charge in [-0.05, 0) is 62.9 Å². The SMILES string of the molecule is CCN1CC2CC1CN2C1=CN2C(=O)C=C(c3cc4c(C)nc(C)cn4n3)C(C)CC=C2C=C1. The van der Waals surface area contributed by atoms with E-state index in [1.54, 1.807) is 6.08 Å². The first kappa shape index (κ1) is 21.4. The van der Waals surface area contributed by atoms with E-state index in [4.69, 9.17) is 5.10 Å². The Hall–Kier alpha value is -3.19. The van der Waals surface area contributed by atoms with Crippen LogP contribution < -0.4 is 0 Å². The number of amides is 1. The largest absolute Gasteiger partial charge is 0.364 e. The Kier molecular flexibility index (Phi) is 4.99. The third-order valence-electron chi connectivity index (χ3n) is 7.84. The van der Waals surface area contributed by atoms with Gasteiger partial charge >= 0.3 is 0 Å². The summed E-state index contributed by atoms with van der Waals surface area (Å²) in [5.41, 5.74) is 6.78. The summed E-state index contributed by atoms with van der Waals surface area (Å²) in [5.74, 6) is 0.170. The highest BCUT2D eigenvalue weighted by Gasteiger charge is 2.43. The van der Waals surface area contributed by atoms with E-state index in [0.29, 0.717) is 12.1 Å². The molecule has 0 spiro atoms. The predicted molar refractivity (Wildman–Crippen MR) is 133 cm³/mol. The van der Waals surface area contributed by atoms with Crippen molar-refractivity contribution in [3.8, 4) is 0 Å². The smallest absolute Gasteiger partial charge is 0.255 e. The van der Waals surface area contributed by atoms with Crippen LogP contribution in [0.5, 0.6) is 0 Å². The second kappa shape index (κ2) is 7.94. The number of fused-ring (bicyclic) bond motifs is 4. The molecule has 7 nitrogen and oxygen atoms in total. The molecule has 1 amide bonds. The zero-order valence-electron chi connectivity index (χ0n) is 20.4. The van der Waals surface area contributed by atoms with Crippen LogP contribution in [0, 0.1) is 19.8 Å². The van der Waals surface area contributed by atoms with Crippen molar-refractivity contribution in [2.75, 3.05) is 19.6 Å². The third-order valence-corrected chi connectivity index (χ3v) is 7.84. The molecule has 2 bridgehead atoms. The van der Waals surface area contributed by atoms with Crippen molar-refractivity contribution < 1.29 is 4.79 Å². The molecule has 176 valence electrons. The number of hydrogen-bond donors (Lipinski definition) is 0. The summed E-state index contributed by atoms with van der Waals surface area (Å²) >= 11 is 0. The summed E-state index contributed by atoms with van der Waals surface area (Å²) in [5, 5.41) is 4.81. The Morgan fingerprint density at radius 3 is 2.71 bits per heavy atom. The van der Waals surface area contributed by atoms with E-state index >= 15 is 0 Å². The van der Waals surface area contributed by atoms with Crippen LogP contribution >= 0.6 is 0 Å². The van der Waals surface area contributed by atoms with Crippen molar-refractivity contribution in [2.24, 2.45) is 5.92 Å². The van der Waals surface area contributed by atoms with Gasteiger partial charge in [0.2, 0.25) is 0 Å². The molecule has 2 fully saturated rings. The van der Waals surface area contributed by atoms with Gasteiger partial charge in [0, 0.05) is 43.1 Å². The first-order valence-corrected chi connectivity index (χ1v) is 12.4. The van der Waals surface area contributed by atoms with Gasteiger partial charge in [0.1, 0.15) is 0 Å². The minimum Gasteiger partial charge on any atom is -0.364 e. The lowest BCUT2D eigenvalue weighted by Gasteiger charge is -2.37. The van der Waals surface area contributed by atoms with E-state index in [1.165, 1.54) is 6.42 Å². The standard InChI is InChI=1S/C27H32N6O/c1-5-30-14-23-10-22(30)16-31(23)21-9-8-20-7-6-17(2)24(11-27(34)32(20)15-21)25-12-26-19(4)28-18(3)13-33(26)29-25/h7-9,11-13,15,17,22-23H,5-6,10,14,16H2,1-4H3. The maximum absolute atomic E-state index is 13.5. The number of likely N-dealkylation sites (tertiary alicyclic amines) is 2. The molecule has 3 atom stereocenters. The Labute approximate surface area is 200 Å². The lowest BCUT2D eigenvalue weighted by molar-refractivity contribution is -0.122. The zero-order chi connectivity index (χ0) is 23.6. The number of carbonyl (C=O) groups is 1. The first-order valence-electron chi connectivity index (χ1n) is 12.4. The number of allylic oxidation sites excluding steroid dienone is 4. The Bertz CT molecular complexity index is 1300. The molecule has 0 saturated carbocycles. The molecule has 0 aromatic carbocycles. The van der Waals surface area contributed by atoms with Crippen molar-refractivity contribution in [3.05, 3.63) is 71.2 Å². The van der Waals surface area contributed by atoms with Gasteiger partial charge in [-0.2, -0.15) is 5.10 Å². The van der Waals surface area contributed by atoms with Gasteiger partial charge in [-0.15, -0.1) is 0 Å². The molecule has 6 heterocycles. The second-order valence-corrected chi connectivity index (χ2v) is 10.1. The van der Waals surface area contributed by atoms with Crippen molar-refractivity contribution in [1.82, 2.24) is 29.3 Å². The molecular weight excluding hydrogens is 424 g/mol. The molecule has 3 unspecified atom stereocenters. The Morgan fingerprint density at radius 2 is 1.94 bits per heavy atom. The molecule has 6 rings (SSSR count). The van der Waals surface area contributed by atoms with Gasteiger partial charge in [-0.3, -0.25) is 19.6 Å². The van der Waals surface area contributed by atoms with Crippen LogP contribution in [0.3, 0.4) is 0 Å². The molecule has 4 aliphatic rings. The average molecular weight is 457 g/mol. The number of likely N-dealkylation sites (N-methyl/N-ethyl adjacent to an activating group) is 1. The first-order chi connectivity index (χ1) is 16.4. The summed E-state index contributed by atoms with van der Waals surface area (Å²) in [6, 6.07) is 3.23. The maximum Gasteiger partial charge on any atom is 0.255 e. The van der Waals surface area contributed by atoms with Crippen molar-refractivity contribution in [2.45, 2.75) is 52.6 Å². The van der Waals surface area contributed by atoms with E-state index in [1.807, 2.05) is 35.7 Å². The molecule has 2 saturated heterocycles. The summed E-state index contributed by atoms with van der Waals surface area (Å²) < 4.78 is 1.88. The molecule has 0 N–H and O–H groups in total. The fourth-order valence-electron chi connectivity index (χ4n) is 6.01. The third kappa shape index (κ3) is 3.41. The van der Waals surface area contributed by atoms with E-state index < -0.39 is 0 Å². The number of nitrogens with zero attached hydrogens (tertiary/aromatic N) is 6. The predicted octanol–water partition coefficient (Wildman–Crippen LogP) is 3.67. The molecule has 4 aliphatic heterocycles. The van der Waals surface area contributed by atoms with Crippen molar-refractivity contribution in [1.29, 1.82) is 0 Å². The van der Waals surface area contributed by atoms with Crippen LogP contribution in [0.2, 0.25) is 0 Å². The Balaban J connectivity index is 1.32. The molecular formula is C27H32N6O. The van der Waals surface area contributed by atoms with Crippen LogP contribution in [0.15, 0.2) is 54.2 Å². The number of aromatic nitrogens is 3. The molecule has 2 aromatic heterocycles. The minimum absolute atomic E-state index is 0.0164. The summed E-state index contributed by atoms with van der Waals surface area (Å²) in [6.45, 7) is 11.7. The van der Waals surface area contributed by atoms with E-state index in [9.17, 15) is 4.79 Å². The van der Waals surface area contributed by atoms with Crippen molar-refractivity contribution >= 4 is 17.0 Å². The summed E-state index contributed by atoms with van der Waals surface area (Å²) in [4.78, 5) is 25.0. The van der Waals surface area contributed by atoms with Crippen LogP contribution in [0.25, 0.3) is 11.1 Å². The van der Waals surface area contributed by atoms with E-state index in [2.05, 4.69) is 52.9 Å². The van der Waals surface area contributed by atoms with E-state index in [-0.39, 0.29) is 11.8 Å². The van der Waals surface area contributed by atoms with Gasteiger partial charge in [-0.25, -0.2) is 4.52 Å². The van der Waals surface area contributed by atoms with Crippen molar-refractivity contribution in [3.63, 3.8) is 0 Å². The molecule has 34 heavy (non-hydrogen) atoms. The lowest BCUT2D eigenvalue weighted by atomic mass is 9.92. The van der Waals surface area contributed by atoms with E-state index in [0.717, 1.165) is 65.6 Å². The van der Waals surface area contributed by atoms with Crippen LogP contribution in [-0.2, 0) is 4.79 Å². The number of carbonyl (C=O) groups excluding carboxylic acids is 1. The fourth-order valence-corrected chi connectivity index (χ4v) is 6.01. The molecule has 0 radical (unpaired) electrons. The summed E-state index contributed by atoms with van der Waals surface area (Å²) in [6.07, 6.45) is 14.3. The lowest BCUT2D eigenvalue weighted by Crippen LogP contribution is -2.46. The number of piperazine rings is 1. The van der Waals surface area contributed by atoms with Gasteiger partial charge in [0.15, 0.2) is 0 Å². The highest BCUT2D eigenvalue weighted by molar-refractivity contribution is 5.98. The van der Waals surface area contributed by atoms with Gasteiger partial charge in [0.25, 0.3) is 5.91 Å². The molecule has 0 aliphatic carbocycles. The normalized spacial score (nSPS) is 27.0. The second-order valence-electron chi connectivity index (χ2n) is 10.1. The molecule has 7 heteroatoms. The van der Waals surface area contributed by atoms with Gasteiger partial charge in [-0.1, -0.05) is 19.9 Å². The summed E-state index contributed by atoms with van der Waals surface area (Å²) in [7, 11) is 0. The maximum atomic E-state index is 13.5. The Morgan fingerprint density at radius 1 is 1.12 bits per heavy atom. The highest BCUT2D eigenvalue weighted by Crippen LogP contribution is 2.36. The van der Waals surface area contributed by atoms with Crippen LogP contribution in [0.4, 0.5) is 0 Å². The molecule has 2 aromatic rings. The van der Waals surface area contributed by atoms with Gasteiger partial charge in [0.05, 0.1) is 34.5 Å². The highest BCUT2D eigenvalue weighted by atomic mass is 16.2. The number of aryl methyl sites for hydroxylation is 2. The average Bonchev–Trinajstić information content (AvgIpc) is 3.54.